The van der Waals surface area contributed by atoms with Gasteiger partial charge in [0.25, 0.3) is 0 Å². The summed E-state index contributed by atoms with van der Waals surface area (Å²) in [6.45, 7) is 13.4. The molecule has 68 heavy (non-hydrogen) atoms. The van der Waals surface area contributed by atoms with E-state index in [2.05, 4.69) is 39.3 Å². The van der Waals surface area contributed by atoms with E-state index in [0.717, 1.165) is 44.5 Å². The summed E-state index contributed by atoms with van der Waals surface area (Å²) in [7, 11) is -3.53. The molecule has 0 spiro atoms. The molecule has 2 nitrogen and oxygen atoms in total. The standard InChI is InChI=1S/C58H46F6N2Si2/c1-67(2,3)39-23-19-37(20-24-39)65(55-31-45(49(61)33-51(55)63)41-11-7-9-13-47(41)59)53-29-17-35-16-28-44-54(30-18-36-15-27-43(53)57(35)58(36)44)66(38-21-25-40(26-22-38)68(4,5)6)56-32-46(50(62)34-52(56)64)42-12-8-10-14-48(42)60/h7-34H,1-6H3. The highest BCUT2D eigenvalue weighted by Gasteiger charge is 2.28. The highest BCUT2D eigenvalue weighted by Crippen LogP contribution is 2.49. The Bertz CT molecular complexity index is 3330. The number of halogens is 6. The molecule has 0 amide bonds. The van der Waals surface area contributed by atoms with Gasteiger partial charge in [0.05, 0.1) is 38.9 Å². The molecule has 338 valence electrons. The topological polar surface area (TPSA) is 6.48 Å². The van der Waals surface area contributed by atoms with Gasteiger partial charge in [-0.3, -0.25) is 0 Å². The van der Waals surface area contributed by atoms with E-state index in [0.29, 0.717) is 22.7 Å². The zero-order valence-corrected chi connectivity index (χ0v) is 40.3. The van der Waals surface area contributed by atoms with Crippen molar-refractivity contribution in [2.24, 2.45) is 0 Å². The summed E-state index contributed by atoms with van der Waals surface area (Å²) in [4.78, 5) is 3.51. The second-order valence-corrected chi connectivity index (χ2v) is 29.5. The van der Waals surface area contributed by atoms with Gasteiger partial charge in [-0.25, -0.2) is 26.3 Å². The Morgan fingerprint density at radius 1 is 0.309 bits per heavy atom. The molecular weight excluding hydrogens is 895 g/mol. The molecular formula is C58H46F6N2Si2. The lowest BCUT2D eigenvalue weighted by atomic mass is 9.91. The van der Waals surface area contributed by atoms with Gasteiger partial charge in [-0.2, -0.15) is 0 Å². The third-order valence-electron chi connectivity index (χ3n) is 13.0. The second-order valence-electron chi connectivity index (χ2n) is 19.4. The van der Waals surface area contributed by atoms with Crippen molar-refractivity contribution in [3.63, 3.8) is 0 Å². The summed E-state index contributed by atoms with van der Waals surface area (Å²) < 4.78 is 95.5. The highest BCUT2D eigenvalue weighted by molar-refractivity contribution is 6.89. The Hall–Kier alpha value is -7.15. The lowest BCUT2D eigenvalue weighted by Gasteiger charge is -2.30. The maximum Gasteiger partial charge on any atom is 0.150 e. The van der Waals surface area contributed by atoms with Crippen molar-refractivity contribution in [1.29, 1.82) is 0 Å². The van der Waals surface area contributed by atoms with E-state index >= 15 is 26.3 Å². The van der Waals surface area contributed by atoms with E-state index in [-0.39, 0.29) is 33.6 Å². The van der Waals surface area contributed by atoms with Crippen LogP contribution >= 0.6 is 0 Å². The molecule has 10 aromatic rings. The predicted octanol–water partition coefficient (Wildman–Crippen LogP) is 16.8. The quantitative estimate of drug-likeness (QED) is 0.0766. The van der Waals surface area contributed by atoms with Crippen LogP contribution in [-0.2, 0) is 0 Å². The molecule has 0 aliphatic rings. The highest BCUT2D eigenvalue weighted by atomic mass is 28.3. The minimum atomic E-state index is -1.77. The molecule has 0 unspecified atom stereocenters. The molecule has 10 aromatic carbocycles. The van der Waals surface area contributed by atoms with Crippen molar-refractivity contribution < 1.29 is 26.3 Å². The summed E-state index contributed by atoms with van der Waals surface area (Å²) in [5, 5.41) is 7.28. The van der Waals surface area contributed by atoms with E-state index in [1.807, 2.05) is 97.1 Å². The Kier molecular flexibility index (Phi) is 11.1. The van der Waals surface area contributed by atoms with Crippen molar-refractivity contribution >= 4 is 93.0 Å². The Labute approximate surface area is 393 Å². The normalized spacial score (nSPS) is 12.1. The average molecular weight is 941 g/mol. The molecule has 0 aromatic heterocycles. The molecule has 0 radical (unpaired) electrons. The third kappa shape index (κ3) is 7.81. The zero-order chi connectivity index (χ0) is 47.8. The number of hydrogen-bond donors (Lipinski definition) is 0. The zero-order valence-electron chi connectivity index (χ0n) is 38.3. The molecule has 10 heteroatoms. The lowest BCUT2D eigenvalue weighted by molar-refractivity contribution is 0.583. The van der Waals surface area contributed by atoms with Gasteiger partial charge in [-0.05, 0) is 82.2 Å². The number of benzene rings is 10. The van der Waals surface area contributed by atoms with Crippen molar-refractivity contribution in [3.05, 3.63) is 205 Å². The fourth-order valence-electron chi connectivity index (χ4n) is 9.39. The first-order valence-electron chi connectivity index (χ1n) is 22.5. The number of nitrogens with zero attached hydrogens (tertiary/aromatic N) is 2. The maximum atomic E-state index is 16.7. The average Bonchev–Trinajstić information content (AvgIpc) is 3.31. The number of anilines is 6. The summed E-state index contributed by atoms with van der Waals surface area (Å²) in [6, 6.07) is 47.6. The van der Waals surface area contributed by atoms with Gasteiger partial charge in [-0.1, -0.05) is 147 Å². The minimum absolute atomic E-state index is 0.00137. The van der Waals surface area contributed by atoms with Gasteiger partial charge < -0.3 is 9.80 Å². The van der Waals surface area contributed by atoms with Gasteiger partial charge in [0, 0.05) is 56.5 Å². The molecule has 0 N–H and O–H groups in total. The van der Waals surface area contributed by atoms with Crippen LogP contribution in [0, 0.1) is 34.9 Å². The summed E-state index contributed by atoms with van der Waals surface area (Å²) >= 11 is 0. The van der Waals surface area contributed by atoms with Crippen LogP contribution in [0.3, 0.4) is 0 Å². The molecule has 0 fully saturated rings. The van der Waals surface area contributed by atoms with Crippen LogP contribution in [0.15, 0.2) is 170 Å². The maximum absolute atomic E-state index is 16.7. The van der Waals surface area contributed by atoms with Crippen LogP contribution in [0.1, 0.15) is 0 Å². The van der Waals surface area contributed by atoms with Crippen molar-refractivity contribution in [1.82, 2.24) is 0 Å². The largest absolute Gasteiger partial charge is 0.307 e. The van der Waals surface area contributed by atoms with E-state index in [9.17, 15) is 0 Å². The first-order valence-corrected chi connectivity index (χ1v) is 29.5. The molecule has 0 bridgehead atoms. The molecule has 0 saturated heterocycles. The van der Waals surface area contributed by atoms with Crippen LogP contribution in [0.2, 0.25) is 39.3 Å². The van der Waals surface area contributed by atoms with Crippen LogP contribution in [0.4, 0.5) is 60.5 Å². The Morgan fingerprint density at radius 2 is 0.662 bits per heavy atom. The third-order valence-corrected chi connectivity index (χ3v) is 17.1. The second kappa shape index (κ2) is 16.9. The van der Waals surface area contributed by atoms with E-state index in [4.69, 9.17) is 0 Å². The van der Waals surface area contributed by atoms with E-state index in [1.54, 1.807) is 21.9 Å². The van der Waals surface area contributed by atoms with Gasteiger partial charge in [-0.15, -0.1) is 0 Å². The monoisotopic (exact) mass is 940 g/mol. The van der Waals surface area contributed by atoms with Gasteiger partial charge in [0.15, 0.2) is 0 Å². The summed E-state index contributed by atoms with van der Waals surface area (Å²) in [5.41, 5.74) is 2.25. The van der Waals surface area contributed by atoms with Crippen LogP contribution in [0.25, 0.3) is 54.6 Å². The lowest BCUT2D eigenvalue weighted by Crippen LogP contribution is -2.37. The smallest absolute Gasteiger partial charge is 0.150 e. The Balaban J connectivity index is 1.24. The van der Waals surface area contributed by atoms with E-state index < -0.39 is 51.1 Å². The van der Waals surface area contributed by atoms with Crippen molar-refractivity contribution in [2.45, 2.75) is 39.3 Å². The first-order chi connectivity index (χ1) is 32.5. The van der Waals surface area contributed by atoms with Gasteiger partial charge in [0.1, 0.15) is 34.9 Å². The van der Waals surface area contributed by atoms with Gasteiger partial charge in [0.2, 0.25) is 0 Å². The molecule has 0 saturated carbocycles. The van der Waals surface area contributed by atoms with Crippen LogP contribution in [0.5, 0.6) is 0 Å². The molecule has 0 aliphatic heterocycles. The number of hydrogen-bond acceptors (Lipinski definition) is 2. The van der Waals surface area contributed by atoms with Crippen LogP contribution < -0.4 is 20.2 Å². The molecule has 0 aliphatic carbocycles. The molecule has 0 heterocycles. The fourth-order valence-corrected chi connectivity index (χ4v) is 11.7. The van der Waals surface area contributed by atoms with Crippen molar-refractivity contribution in [3.8, 4) is 22.3 Å². The molecule has 0 atom stereocenters. The van der Waals surface area contributed by atoms with Crippen LogP contribution in [-0.4, -0.2) is 16.1 Å². The SMILES string of the molecule is C[Si](C)(C)c1ccc(N(c2cc(-c3ccccc3F)c(F)cc2F)c2ccc3ccc4c(N(c5ccc([Si](C)(C)C)cc5)c5cc(-c6ccccc6F)c(F)cc5F)ccc5ccc2c3c54)cc1. The minimum Gasteiger partial charge on any atom is -0.307 e. The first kappa shape index (κ1) is 44.7. The Morgan fingerprint density at radius 3 is 1.01 bits per heavy atom. The fraction of sp³-hybridized carbons (Fsp3) is 0.103. The summed E-state index contributed by atoms with van der Waals surface area (Å²) in [6.07, 6.45) is 0. The van der Waals surface area contributed by atoms with Crippen molar-refractivity contribution in [2.75, 3.05) is 9.80 Å². The predicted molar refractivity (Wildman–Crippen MR) is 276 cm³/mol. The number of rotatable bonds is 10. The van der Waals surface area contributed by atoms with Gasteiger partial charge >= 0.3 is 0 Å². The summed E-state index contributed by atoms with van der Waals surface area (Å²) in [5.74, 6) is -4.75. The van der Waals surface area contributed by atoms with E-state index in [1.165, 1.54) is 58.9 Å². The molecule has 10 rings (SSSR count).